The van der Waals surface area contributed by atoms with Crippen molar-refractivity contribution in [3.63, 3.8) is 0 Å². The number of rotatable bonds is 8. The van der Waals surface area contributed by atoms with Crippen molar-refractivity contribution in [1.82, 2.24) is 0 Å². The van der Waals surface area contributed by atoms with E-state index >= 15 is 0 Å². The van der Waals surface area contributed by atoms with E-state index in [-0.39, 0.29) is 31.8 Å². The molecule has 0 aromatic rings. The van der Waals surface area contributed by atoms with Gasteiger partial charge in [-0.1, -0.05) is 13.2 Å². The molecule has 0 aliphatic carbocycles. The Morgan fingerprint density at radius 2 is 1.52 bits per heavy atom. The maximum absolute atomic E-state index is 11.2. The van der Waals surface area contributed by atoms with E-state index in [2.05, 4.69) is 13.2 Å². The van der Waals surface area contributed by atoms with Crippen LogP contribution in [0, 0.1) is 0 Å². The lowest BCUT2D eigenvalue weighted by Crippen LogP contribution is -2.23. The zero-order valence-corrected chi connectivity index (χ0v) is 12.8. The minimum Gasteiger partial charge on any atom is -0.462 e. The summed E-state index contributed by atoms with van der Waals surface area (Å²) in [5, 5.41) is 15.2. The lowest BCUT2D eigenvalue weighted by Gasteiger charge is -2.16. The summed E-state index contributed by atoms with van der Waals surface area (Å²) in [4.78, 5) is 22.3. The van der Waals surface area contributed by atoms with Gasteiger partial charge in [0.05, 0.1) is 19.8 Å². The first-order chi connectivity index (χ1) is 9.79. The predicted octanol–water partition coefficient (Wildman–Crippen LogP) is 0.559. The zero-order chi connectivity index (χ0) is 16.8. The third-order valence-electron chi connectivity index (χ3n) is 1.89. The normalized spacial score (nSPS) is 10.7. The third-order valence-corrected chi connectivity index (χ3v) is 1.89. The molecule has 2 N–H and O–H groups in total. The summed E-state index contributed by atoms with van der Waals surface area (Å²) in [6.45, 7) is 9.82. The van der Waals surface area contributed by atoms with Crippen LogP contribution in [0.3, 0.4) is 0 Å². The van der Waals surface area contributed by atoms with Crippen molar-refractivity contribution in [2.45, 2.75) is 26.6 Å². The Bertz CT molecular complexity index is 347. The smallest absolute Gasteiger partial charge is 0.335 e. The molecule has 21 heavy (non-hydrogen) atoms. The van der Waals surface area contributed by atoms with E-state index in [0.717, 1.165) is 0 Å². The molecule has 0 radical (unpaired) electrons. The van der Waals surface area contributed by atoms with Gasteiger partial charge in [0.25, 0.3) is 0 Å². The number of methoxy groups -OCH3 is 1. The first-order valence-corrected chi connectivity index (χ1v) is 6.23. The van der Waals surface area contributed by atoms with Crippen LogP contribution in [0.25, 0.3) is 0 Å². The number of carbonyl (C=O) groups is 2. The summed E-state index contributed by atoms with van der Waals surface area (Å²) in [7, 11) is 1.40. The van der Waals surface area contributed by atoms with E-state index < -0.39 is 18.2 Å². The minimum atomic E-state index is -0.753. The highest BCUT2D eigenvalue weighted by Gasteiger charge is 2.15. The summed E-state index contributed by atoms with van der Waals surface area (Å²) < 4.78 is 14.7. The molecule has 1 atom stereocenters. The Kier molecular flexibility index (Phi) is 13.7. The monoisotopic (exact) mass is 304 g/mol. The Balaban J connectivity index is 0. The Hall–Kier alpha value is -1.70. The highest BCUT2D eigenvalue weighted by molar-refractivity contribution is 5.87. The van der Waals surface area contributed by atoms with E-state index in [4.69, 9.17) is 24.4 Å². The Morgan fingerprint density at radius 1 is 1.05 bits per heavy atom. The fraction of sp³-hybridized carbons (Fsp3) is 0.571. The van der Waals surface area contributed by atoms with E-state index in [1.807, 2.05) is 0 Å². The van der Waals surface area contributed by atoms with E-state index in [1.165, 1.54) is 14.0 Å². The second-order valence-electron chi connectivity index (χ2n) is 4.00. The average molecular weight is 304 g/mol. The van der Waals surface area contributed by atoms with Crippen LogP contribution in [0.2, 0.25) is 0 Å². The Morgan fingerprint density at radius 3 is 1.86 bits per heavy atom. The van der Waals surface area contributed by atoms with Gasteiger partial charge in [0.2, 0.25) is 6.29 Å². The van der Waals surface area contributed by atoms with Crippen molar-refractivity contribution in [3.05, 3.63) is 24.3 Å². The van der Waals surface area contributed by atoms with Crippen LogP contribution in [0.4, 0.5) is 0 Å². The molecule has 122 valence electrons. The van der Waals surface area contributed by atoms with Crippen molar-refractivity contribution in [1.29, 1.82) is 0 Å². The van der Waals surface area contributed by atoms with E-state index in [1.54, 1.807) is 6.92 Å². The van der Waals surface area contributed by atoms with Crippen LogP contribution in [-0.2, 0) is 23.8 Å². The fourth-order valence-electron chi connectivity index (χ4n) is 0.816. The van der Waals surface area contributed by atoms with Gasteiger partial charge in [0.15, 0.2) is 0 Å². The molecule has 0 aromatic heterocycles. The molecule has 0 rings (SSSR count). The highest BCUT2D eigenvalue weighted by Crippen LogP contribution is 2.05. The highest BCUT2D eigenvalue weighted by atomic mass is 16.7. The number of aliphatic hydroxyl groups excluding tert-OH is 2. The second kappa shape index (κ2) is 13.3. The van der Waals surface area contributed by atoms with Gasteiger partial charge >= 0.3 is 11.9 Å². The lowest BCUT2D eigenvalue weighted by atomic mass is 10.3. The second-order valence-corrected chi connectivity index (χ2v) is 4.00. The largest absolute Gasteiger partial charge is 0.462 e. The van der Waals surface area contributed by atoms with Crippen LogP contribution in [0.1, 0.15) is 20.3 Å². The standard InChI is InChI=1S/C12H18O5.C2H6O2/c1-8(2)11(13)16-7-6-10(15-5)17-12(14)9(3)4;3-1-2-4/h10H,1,3,6-7H2,2,4-5H3;3-4H,1-2H2. The SMILES string of the molecule is C=C(C)C(=O)OCCC(OC)OC(=O)C(=C)C.OCCO. The average Bonchev–Trinajstić information content (AvgIpc) is 2.45. The van der Waals surface area contributed by atoms with Crippen molar-refractivity contribution in [3.8, 4) is 0 Å². The molecule has 0 aliphatic rings. The number of carbonyl (C=O) groups excluding carboxylic acids is 2. The quantitative estimate of drug-likeness (QED) is 0.384. The number of esters is 2. The molecular formula is C14H24O7. The predicted molar refractivity (Wildman–Crippen MR) is 76.3 cm³/mol. The van der Waals surface area contributed by atoms with Gasteiger partial charge in [0.1, 0.15) is 0 Å². The van der Waals surface area contributed by atoms with E-state index in [9.17, 15) is 9.59 Å². The maximum Gasteiger partial charge on any atom is 0.335 e. The van der Waals surface area contributed by atoms with Gasteiger partial charge in [-0.3, -0.25) is 0 Å². The minimum absolute atomic E-state index is 0.0909. The first kappa shape index (κ1) is 21.6. The molecule has 0 saturated heterocycles. The summed E-state index contributed by atoms with van der Waals surface area (Å²) in [5.41, 5.74) is 0.601. The molecule has 1 unspecified atom stereocenters. The van der Waals surface area contributed by atoms with Crippen molar-refractivity contribution in [2.75, 3.05) is 26.9 Å². The molecule has 0 heterocycles. The molecule has 0 spiro atoms. The summed E-state index contributed by atoms with van der Waals surface area (Å²) in [5.74, 6) is -1.02. The lowest BCUT2D eigenvalue weighted by molar-refractivity contribution is -0.172. The van der Waals surface area contributed by atoms with Crippen molar-refractivity contribution in [2.24, 2.45) is 0 Å². The van der Waals surface area contributed by atoms with Gasteiger partial charge in [0, 0.05) is 24.7 Å². The summed E-state index contributed by atoms with van der Waals surface area (Å²) in [6, 6.07) is 0. The maximum atomic E-state index is 11.2. The summed E-state index contributed by atoms with van der Waals surface area (Å²) in [6.07, 6.45) is -0.494. The molecule has 0 fully saturated rings. The number of aliphatic hydroxyl groups is 2. The Labute approximate surface area is 124 Å². The topological polar surface area (TPSA) is 102 Å². The van der Waals surface area contributed by atoms with Gasteiger partial charge in [-0.25, -0.2) is 9.59 Å². The molecule has 0 amide bonds. The van der Waals surface area contributed by atoms with Gasteiger partial charge in [-0.05, 0) is 13.8 Å². The van der Waals surface area contributed by atoms with Crippen molar-refractivity contribution >= 4 is 11.9 Å². The van der Waals surface area contributed by atoms with Crippen LogP contribution >= 0.6 is 0 Å². The molecule has 0 saturated carbocycles. The summed E-state index contributed by atoms with van der Waals surface area (Å²) >= 11 is 0. The molecule has 7 heteroatoms. The molecular weight excluding hydrogens is 280 g/mol. The van der Waals surface area contributed by atoms with E-state index in [0.29, 0.717) is 5.57 Å². The molecule has 0 bridgehead atoms. The number of hydrogen-bond acceptors (Lipinski definition) is 7. The van der Waals surface area contributed by atoms with Gasteiger partial charge in [-0.15, -0.1) is 0 Å². The first-order valence-electron chi connectivity index (χ1n) is 6.23. The van der Waals surface area contributed by atoms with Crippen molar-refractivity contribution < 1.29 is 34.0 Å². The number of hydrogen-bond donors (Lipinski definition) is 2. The molecule has 0 aromatic carbocycles. The van der Waals surface area contributed by atoms with Crippen LogP contribution in [-0.4, -0.2) is 55.4 Å². The van der Waals surface area contributed by atoms with Gasteiger partial charge < -0.3 is 24.4 Å². The van der Waals surface area contributed by atoms with Crippen LogP contribution in [0.5, 0.6) is 0 Å². The molecule has 7 nitrogen and oxygen atoms in total. The van der Waals surface area contributed by atoms with Crippen LogP contribution in [0.15, 0.2) is 24.3 Å². The fourth-order valence-corrected chi connectivity index (χ4v) is 0.816. The van der Waals surface area contributed by atoms with Crippen LogP contribution < -0.4 is 0 Å². The van der Waals surface area contributed by atoms with Gasteiger partial charge in [-0.2, -0.15) is 0 Å². The molecule has 0 aliphatic heterocycles. The zero-order valence-electron chi connectivity index (χ0n) is 12.8. The number of ether oxygens (including phenoxy) is 3. The third kappa shape index (κ3) is 13.1.